The number of ether oxygens (including phenoxy) is 1. The number of likely N-dealkylation sites (tertiary alicyclic amines) is 1. The highest BCUT2D eigenvalue weighted by molar-refractivity contribution is 7.15. The molecule has 0 radical (unpaired) electrons. The number of aryl methyl sites for hydroxylation is 1. The van der Waals surface area contributed by atoms with Gasteiger partial charge in [-0.3, -0.25) is 15.0 Å². The molecule has 2 rings (SSSR count). The minimum Gasteiger partial charge on any atom is -0.440 e. The molecule has 1 saturated heterocycles. The Morgan fingerprint density at radius 1 is 1.45 bits per heavy atom. The molecule has 0 unspecified atom stereocenters. The summed E-state index contributed by atoms with van der Waals surface area (Å²) in [4.78, 5) is 24.8. The molecule has 1 fully saturated rings. The van der Waals surface area contributed by atoms with Gasteiger partial charge in [-0.05, 0) is 19.8 Å². The lowest BCUT2D eigenvalue weighted by Gasteiger charge is -2.23. The summed E-state index contributed by atoms with van der Waals surface area (Å²) < 4.78 is 40.4. The second kappa shape index (κ2) is 6.46. The average molecular weight is 338 g/mol. The first-order valence-corrected chi connectivity index (χ1v) is 7.19. The number of carbonyl (C=O) groups excluding carboxylic acids is 2. The van der Waals surface area contributed by atoms with Crippen LogP contribution in [0.5, 0.6) is 0 Å². The molecule has 0 aromatic carbocycles. The number of anilines is 1. The Bertz CT molecular complexity index is 563. The highest BCUT2D eigenvalue weighted by Gasteiger charge is 2.37. The molecule has 7 nitrogen and oxygen atoms in total. The summed E-state index contributed by atoms with van der Waals surface area (Å²) >= 11 is 1.16. The van der Waals surface area contributed by atoms with Crippen molar-refractivity contribution in [2.45, 2.75) is 32.0 Å². The Balaban J connectivity index is 1.94. The highest BCUT2D eigenvalue weighted by Crippen LogP contribution is 2.22. The third kappa shape index (κ3) is 4.29. The van der Waals surface area contributed by atoms with E-state index in [1.807, 2.05) is 0 Å². The summed E-state index contributed by atoms with van der Waals surface area (Å²) in [5.41, 5.74) is 0. The zero-order valence-electron chi connectivity index (χ0n) is 11.5. The van der Waals surface area contributed by atoms with E-state index in [2.05, 4.69) is 20.3 Å². The summed E-state index contributed by atoms with van der Waals surface area (Å²) in [6.07, 6.45) is -4.89. The van der Waals surface area contributed by atoms with Gasteiger partial charge in [0.05, 0.1) is 0 Å². The molecule has 0 bridgehead atoms. The third-order valence-electron chi connectivity index (χ3n) is 2.91. The molecule has 0 spiro atoms. The van der Waals surface area contributed by atoms with Crippen molar-refractivity contribution in [2.24, 2.45) is 0 Å². The van der Waals surface area contributed by atoms with E-state index in [-0.39, 0.29) is 11.7 Å². The minimum atomic E-state index is -4.60. The number of nitrogens with zero attached hydrogens (tertiary/aromatic N) is 3. The first kappa shape index (κ1) is 16.5. The second-order valence-corrected chi connectivity index (χ2v) is 5.82. The number of nitrogens with one attached hydrogen (secondary N) is 1. The van der Waals surface area contributed by atoms with Crippen molar-refractivity contribution in [1.29, 1.82) is 0 Å². The largest absolute Gasteiger partial charge is 0.440 e. The first-order chi connectivity index (χ1) is 10.3. The molecule has 122 valence electrons. The predicted molar refractivity (Wildman–Crippen MR) is 70.4 cm³/mol. The number of hydrogen-bond donors (Lipinski definition) is 1. The Labute approximate surface area is 127 Å². The van der Waals surface area contributed by atoms with Crippen LogP contribution in [-0.2, 0) is 9.53 Å². The van der Waals surface area contributed by atoms with Crippen LogP contribution in [0.25, 0.3) is 0 Å². The summed E-state index contributed by atoms with van der Waals surface area (Å²) in [5.74, 6) is -0.516. The lowest BCUT2D eigenvalue weighted by atomic mass is 10.2. The molecule has 2 heterocycles. The average Bonchev–Trinajstić information content (AvgIpc) is 3.04. The van der Waals surface area contributed by atoms with Crippen molar-refractivity contribution < 1.29 is 27.5 Å². The quantitative estimate of drug-likeness (QED) is 0.910. The van der Waals surface area contributed by atoms with Crippen LogP contribution < -0.4 is 5.32 Å². The second-order valence-electron chi connectivity index (χ2n) is 4.64. The van der Waals surface area contributed by atoms with Crippen LogP contribution in [0.3, 0.4) is 0 Å². The van der Waals surface area contributed by atoms with E-state index >= 15 is 0 Å². The van der Waals surface area contributed by atoms with Gasteiger partial charge in [0.25, 0.3) is 0 Å². The normalized spacial score (nSPS) is 18.4. The molecular formula is C11H13F3N4O3S. The molecular weight excluding hydrogens is 325 g/mol. The summed E-state index contributed by atoms with van der Waals surface area (Å²) in [5, 5.41) is 10.9. The van der Waals surface area contributed by atoms with Gasteiger partial charge in [-0.1, -0.05) is 11.3 Å². The van der Waals surface area contributed by atoms with Gasteiger partial charge in [-0.15, -0.1) is 10.2 Å². The molecule has 2 amide bonds. The fourth-order valence-electron chi connectivity index (χ4n) is 2.02. The van der Waals surface area contributed by atoms with Crippen molar-refractivity contribution in [3.63, 3.8) is 0 Å². The van der Waals surface area contributed by atoms with E-state index in [1.54, 1.807) is 6.92 Å². The predicted octanol–water partition coefficient (Wildman–Crippen LogP) is 1.95. The molecule has 1 aliphatic rings. The topological polar surface area (TPSA) is 84.4 Å². The number of hydrogen-bond acceptors (Lipinski definition) is 6. The number of rotatable bonds is 3. The van der Waals surface area contributed by atoms with E-state index in [9.17, 15) is 22.8 Å². The van der Waals surface area contributed by atoms with Crippen molar-refractivity contribution in [3.05, 3.63) is 5.01 Å². The third-order valence-corrected chi connectivity index (χ3v) is 3.66. The SMILES string of the molecule is Cc1nnc(NC(=O)[C@@H]2CCCN2C(=O)OCC(F)(F)F)s1. The van der Waals surface area contributed by atoms with Gasteiger partial charge in [0.2, 0.25) is 11.0 Å². The van der Waals surface area contributed by atoms with Gasteiger partial charge in [0, 0.05) is 6.54 Å². The molecule has 1 aromatic heterocycles. The van der Waals surface area contributed by atoms with Gasteiger partial charge in [0.1, 0.15) is 11.0 Å². The summed E-state index contributed by atoms with van der Waals surface area (Å²) in [7, 11) is 0. The Kier molecular flexibility index (Phi) is 4.84. The molecule has 22 heavy (non-hydrogen) atoms. The van der Waals surface area contributed by atoms with Gasteiger partial charge >= 0.3 is 12.3 Å². The van der Waals surface area contributed by atoms with Crippen LogP contribution in [0, 0.1) is 6.92 Å². The summed E-state index contributed by atoms with van der Waals surface area (Å²) in [6, 6.07) is -0.870. The van der Waals surface area contributed by atoms with E-state index in [0.717, 1.165) is 16.2 Å². The lowest BCUT2D eigenvalue weighted by Crippen LogP contribution is -2.44. The number of amides is 2. The zero-order chi connectivity index (χ0) is 16.3. The monoisotopic (exact) mass is 338 g/mol. The van der Waals surface area contributed by atoms with Gasteiger partial charge in [-0.2, -0.15) is 13.2 Å². The number of alkyl halides is 3. The van der Waals surface area contributed by atoms with Gasteiger partial charge in [0.15, 0.2) is 6.61 Å². The van der Waals surface area contributed by atoms with Crippen LogP contribution in [0.4, 0.5) is 23.1 Å². The fourth-order valence-corrected chi connectivity index (χ4v) is 2.61. The Morgan fingerprint density at radius 3 is 2.77 bits per heavy atom. The fraction of sp³-hybridized carbons (Fsp3) is 0.636. The van der Waals surface area contributed by atoms with Gasteiger partial charge < -0.3 is 4.74 Å². The van der Waals surface area contributed by atoms with E-state index in [4.69, 9.17) is 0 Å². The van der Waals surface area contributed by atoms with Crippen LogP contribution >= 0.6 is 11.3 Å². The molecule has 1 aliphatic heterocycles. The Morgan fingerprint density at radius 2 is 2.18 bits per heavy atom. The van der Waals surface area contributed by atoms with Gasteiger partial charge in [-0.25, -0.2) is 4.79 Å². The summed E-state index contributed by atoms with van der Waals surface area (Å²) in [6.45, 7) is 0.208. The van der Waals surface area contributed by atoms with Crippen molar-refractivity contribution >= 4 is 28.5 Å². The van der Waals surface area contributed by atoms with E-state index in [1.165, 1.54) is 0 Å². The minimum absolute atomic E-state index is 0.171. The molecule has 0 aliphatic carbocycles. The number of carbonyl (C=O) groups is 2. The van der Waals surface area contributed by atoms with Crippen molar-refractivity contribution in [3.8, 4) is 0 Å². The molecule has 0 saturated carbocycles. The van der Waals surface area contributed by atoms with E-state index < -0.39 is 30.8 Å². The van der Waals surface area contributed by atoms with Crippen molar-refractivity contribution in [1.82, 2.24) is 15.1 Å². The zero-order valence-corrected chi connectivity index (χ0v) is 12.3. The maximum atomic E-state index is 12.1. The molecule has 1 aromatic rings. The van der Waals surface area contributed by atoms with Crippen LogP contribution in [-0.4, -0.2) is 52.5 Å². The standard InChI is InChI=1S/C11H13F3N4O3S/c1-6-16-17-9(22-6)15-8(19)7-3-2-4-18(7)10(20)21-5-11(12,13)14/h7H,2-5H2,1H3,(H,15,17,19)/t7-/m0/s1. The first-order valence-electron chi connectivity index (χ1n) is 6.37. The smallest absolute Gasteiger partial charge is 0.422 e. The maximum absolute atomic E-state index is 12.1. The van der Waals surface area contributed by atoms with Crippen LogP contribution in [0.1, 0.15) is 17.8 Å². The molecule has 1 atom stereocenters. The highest BCUT2D eigenvalue weighted by atomic mass is 32.1. The molecule has 11 heteroatoms. The number of aromatic nitrogens is 2. The maximum Gasteiger partial charge on any atom is 0.422 e. The number of halogens is 3. The van der Waals surface area contributed by atoms with Crippen LogP contribution in [0.15, 0.2) is 0 Å². The lowest BCUT2D eigenvalue weighted by molar-refractivity contribution is -0.162. The molecule has 1 N–H and O–H groups in total. The van der Waals surface area contributed by atoms with E-state index in [0.29, 0.717) is 17.8 Å². The van der Waals surface area contributed by atoms with Crippen LogP contribution in [0.2, 0.25) is 0 Å². The van der Waals surface area contributed by atoms with Crippen molar-refractivity contribution in [2.75, 3.05) is 18.5 Å². The Hall–Kier alpha value is -1.91.